The van der Waals surface area contributed by atoms with Crippen LogP contribution >= 0.6 is 15.9 Å². The summed E-state index contributed by atoms with van der Waals surface area (Å²) < 4.78 is 14.1. The molecule has 1 aromatic carbocycles. The highest BCUT2D eigenvalue weighted by atomic mass is 79.9. The Morgan fingerprint density at radius 2 is 2.27 bits per heavy atom. The molecule has 0 bridgehead atoms. The summed E-state index contributed by atoms with van der Waals surface area (Å²) in [6, 6.07) is 4.68. The average molecular weight is 276 g/mol. The zero-order valence-electron chi connectivity index (χ0n) is 8.63. The van der Waals surface area contributed by atoms with E-state index in [0.717, 1.165) is 13.0 Å². The van der Waals surface area contributed by atoms with Crippen LogP contribution in [-0.2, 0) is 0 Å². The Morgan fingerprint density at radius 3 is 2.87 bits per heavy atom. The van der Waals surface area contributed by atoms with Crippen molar-refractivity contribution in [2.75, 3.05) is 13.1 Å². The number of hydrogen-bond donors (Lipinski definition) is 2. The second-order valence-corrected chi connectivity index (χ2v) is 4.30. The van der Waals surface area contributed by atoms with E-state index in [0.29, 0.717) is 16.6 Å². The molecule has 0 aliphatic rings. The Balaban J connectivity index is 2.61. The molecule has 2 N–H and O–H groups in total. The molecule has 0 fully saturated rings. The van der Waals surface area contributed by atoms with E-state index in [9.17, 15) is 9.50 Å². The molecule has 0 radical (unpaired) electrons. The van der Waals surface area contributed by atoms with Crippen LogP contribution in [0.15, 0.2) is 22.7 Å². The van der Waals surface area contributed by atoms with Crippen LogP contribution in [0.25, 0.3) is 0 Å². The van der Waals surface area contributed by atoms with Gasteiger partial charge in [-0.2, -0.15) is 0 Å². The summed E-state index contributed by atoms with van der Waals surface area (Å²) in [5.74, 6) is -0.379. The lowest BCUT2D eigenvalue weighted by Crippen LogP contribution is -2.22. The first-order valence-electron chi connectivity index (χ1n) is 4.99. The van der Waals surface area contributed by atoms with Crippen molar-refractivity contribution in [1.82, 2.24) is 5.32 Å². The van der Waals surface area contributed by atoms with Crippen LogP contribution < -0.4 is 5.32 Å². The lowest BCUT2D eigenvalue weighted by Gasteiger charge is -2.12. The van der Waals surface area contributed by atoms with Crippen LogP contribution in [0, 0.1) is 5.82 Å². The lowest BCUT2D eigenvalue weighted by molar-refractivity contribution is 0.170. The van der Waals surface area contributed by atoms with E-state index in [2.05, 4.69) is 21.2 Å². The van der Waals surface area contributed by atoms with Gasteiger partial charge in [0, 0.05) is 16.6 Å². The number of nitrogens with one attached hydrogen (secondary N) is 1. The smallest absolute Gasteiger partial charge is 0.130 e. The summed E-state index contributed by atoms with van der Waals surface area (Å²) in [7, 11) is 0. The monoisotopic (exact) mass is 275 g/mol. The molecule has 1 rings (SSSR count). The van der Waals surface area contributed by atoms with Crippen LogP contribution in [-0.4, -0.2) is 18.2 Å². The SMILES string of the molecule is CCCNCC(O)c1ccc(Br)cc1F. The molecule has 0 aliphatic carbocycles. The normalized spacial score (nSPS) is 12.8. The molecule has 0 aromatic heterocycles. The summed E-state index contributed by atoms with van der Waals surface area (Å²) in [6.07, 6.45) is 0.208. The first-order chi connectivity index (χ1) is 7.15. The van der Waals surface area contributed by atoms with E-state index in [4.69, 9.17) is 0 Å². The zero-order valence-corrected chi connectivity index (χ0v) is 10.2. The third-order valence-corrected chi connectivity index (χ3v) is 2.58. The Kier molecular flexibility index (Phi) is 5.22. The molecule has 0 saturated heterocycles. The fourth-order valence-electron chi connectivity index (χ4n) is 1.30. The molecule has 1 unspecified atom stereocenters. The van der Waals surface area contributed by atoms with Gasteiger partial charge >= 0.3 is 0 Å². The van der Waals surface area contributed by atoms with Gasteiger partial charge < -0.3 is 10.4 Å². The van der Waals surface area contributed by atoms with Gasteiger partial charge in [-0.25, -0.2) is 4.39 Å². The fraction of sp³-hybridized carbons (Fsp3) is 0.455. The molecule has 84 valence electrons. The first kappa shape index (κ1) is 12.6. The highest BCUT2D eigenvalue weighted by Crippen LogP contribution is 2.20. The highest BCUT2D eigenvalue weighted by Gasteiger charge is 2.12. The van der Waals surface area contributed by atoms with Crippen LogP contribution in [0.2, 0.25) is 0 Å². The molecular weight excluding hydrogens is 261 g/mol. The van der Waals surface area contributed by atoms with Gasteiger partial charge in [0.2, 0.25) is 0 Å². The van der Waals surface area contributed by atoms with E-state index in [1.165, 1.54) is 6.07 Å². The van der Waals surface area contributed by atoms with Crippen molar-refractivity contribution >= 4 is 15.9 Å². The first-order valence-corrected chi connectivity index (χ1v) is 5.78. The van der Waals surface area contributed by atoms with Gasteiger partial charge in [-0.3, -0.25) is 0 Å². The summed E-state index contributed by atoms with van der Waals surface area (Å²) in [6.45, 7) is 3.25. The molecule has 0 amide bonds. The van der Waals surface area contributed by atoms with Crippen LogP contribution in [0.5, 0.6) is 0 Å². The van der Waals surface area contributed by atoms with E-state index in [-0.39, 0.29) is 5.82 Å². The van der Waals surface area contributed by atoms with Crippen molar-refractivity contribution in [2.24, 2.45) is 0 Å². The van der Waals surface area contributed by atoms with Crippen LogP contribution in [0.1, 0.15) is 25.0 Å². The number of aliphatic hydroxyl groups excluding tert-OH is 1. The number of hydrogen-bond acceptors (Lipinski definition) is 2. The molecule has 4 heteroatoms. The molecule has 0 spiro atoms. The van der Waals surface area contributed by atoms with E-state index in [1.54, 1.807) is 12.1 Å². The van der Waals surface area contributed by atoms with Crippen LogP contribution in [0.3, 0.4) is 0 Å². The van der Waals surface area contributed by atoms with Gasteiger partial charge in [-0.15, -0.1) is 0 Å². The van der Waals surface area contributed by atoms with Crippen molar-refractivity contribution < 1.29 is 9.50 Å². The summed E-state index contributed by atoms with van der Waals surface area (Å²) in [4.78, 5) is 0. The van der Waals surface area contributed by atoms with Gasteiger partial charge in [0.05, 0.1) is 6.10 Å². The van der Waals surface area contributed by atoms with E-state index >= 15 is 0 Å². The predicted molar refractivity (Wildman–Crippen MR) is 62.2 cm³/mol. The second-order valence-electron chi connectivity index (χ2n) is 3.39. The molecule has 1 atom stereocenters. The Morgan fingerprint density at radius 1 is 1.53 bits per heavy atom. The molecule has 0 heterocycles. The Hall–Kier alpha value is -0.450. The third kappa shape index (κ3) is 3.89. The lowest BCUT2D eigenvalue weighted by atomic mass is 10.1. The summed E-state index contributed by atoms with van der Waals surface area (Å²) in [5.41, 5.74) is 0.335. The van der Waals surface area contributed by atoms with Crippen molar-refractivity contribution in [1.29, 1.82) is 0 Å². The summed E-state index contributed by atoms with van der Waals surface area (Å²) >= 11 is 3.17. The Bertz CT molecular complexity index is 319. The molecule has 1 aromatic rings. The van der Waals surface area contributed by atoms with Crippen molar-refractivity contribution in [3.8, 4) is 0 Å². The van der Waals surface area contributed by atoms with Gasteiger partial charge in [0.15, 0.2) is 0 Å². The molecular formula is C11H15BrFNO. The van der Waals surface area contributed by atoms with Gasteiger partial charge in [0.1, 0.15) is 5.82 Å². The maximum atomic E-state index is 13.4. The van der Waals surface area contributed by atoms with Gasteiger partial charge in [0.25, 0.3) is 0 Å². The number of rotatable bonds is 5. The maximum absolute atomic E-state index is 13.4. The van der Waals surface area contributed by atoms with E-state index < -0.39 is 6.10 Å². The molecule has 0 saturated carbocycles. The number of halogens is 2. The van der Waals surface area contributed by atoms with Crippen molar-refractivity contribution in [3.05, 3.63) is 34.1 Å². The van der Waals surface area contributed by atoms with Gasteiger partial charge in [-0.1, -0.05) is 28.9 Å². The fourth-order valence-corrected chi connectivity index (χ4v) is 1.63. The quantitative estimate of drug-likeness (QED) is 0.810. The Labute approximate surface area is 97.6 Å². The van der Waals surface area contributed by atoms with Gasteiger partial charge in [-0.05, 0) is 25.1 Å². The minimum absolute atomic E-state index is 0.335. The van der Waals surface area contributed by atoms with E-state index in [1.807, 2.05) is 6.92 Å². The average Bonchev–Trinajstić information content (AvgIpc) is 2.17. The number of benzene rings is 1. The van der Waals surface area contributed by atoms with Crippen molar-refractivity contribution in [2.45, 2.75) is 19.4 Å². The largest absolute Gasteiger partial charge is 0.387 e. The standard InChI is InChI=1S/C11H15BrFNO/c1-2-5-14-7-11(15)9-4-3-8(12)6-10(9)13/h3-4,6,11,14-15H,2,5,7H2,1H3. The highest BCUT2D eigenvalue weighted by molar-refractivity contribution is 9.10. The molecule has 2 nitrogen and oxygen atoms in total. The molecule has 15 heavy (non-hydrogen) atoms. The third-order valence-electron chi connectivity index (χ3n) is 2.09. The van der Waals surface area contributed by atoms with Crippen LogP contribution in [0.4, 0.5) is 4.39 Å². The zero-order chi connectivity index (χ0) is 11.3. The van der Waals surface area contributed by atoms with Crippen molar-refractivity contribution in [3.63, 3.8) is 0 Å². The number of aliphatic hydroxyl groups is 1. The second kappa shape index (κ2) is 6.20. The minimum Gasteiger partial charge on any atom is -0.387 e. The maximum Gasteiger partial charge on any atom is 0.130 e. The summed E-state index contributed by atoms with van der Waals surface area (Å²) in [5, 5.41) is 12.7. The molecule has 0 aliphatic heterocycles. The topological polar surface area (TPSA) is 32.3 Å². The predicted octanol–water partition coefficient (Wildman–Crippen LogP) is 2.62. The minimum atomic E-state index is -0.787.